The molecule has 0 saturated heterocycles. The Bertz CT molecular complexity index is 493. The van der Waals surface area contributed by atoms with E-state index in [0.717, 1.165) is 3.71 Å². The quantitative estimate of drug-likeness (QED) is 0.463. The fraction of sp³-hybridized carbons (Fsp3) is 0.263. The number of rotatable bonds is 8. The van der Waals surface area contributed by atoms with Gasteiger partial charge in [0.2, 0.25) is 0 Å². The molecule has 2 heteroatoms. The Kier molecular flexibility index (Phi) is 7.33. The molecule has 0 nitrogen and oxygen atoms in total. The van der Waals surface area contributed by atoms with Crippen molar-refractivity contribution in [3.63, 3.8) is 0 Å². The predicted molar refractivity (Wildman–Crippen MR) is 96.1 cm³/mol. The first-order chi connectivity index (χ1) is 10.3. The summed E-state index contributed by atoms with van der Waals surface area (Å²) in [5.41, 5.74) is 1.43. The summed E-state index contributed by atoms with van der Waals surface area (Å²) in [5.74, 6) is 0. The molecular weight excluding hydrogens is 386 g/mol. The molecular formula is C19H22Se2. The average Bonchev–Trinajstić information content (AvgIpc) is 2.49. The summed E-state index contributed by atoms with van der Waals surface area (Å²) < 4.78 is 3.79. The first-order valence-electron chi connectivity index (χ1n) is 7.38. The van der Waals surface area contributed by atoms with Gasteiger partial charge in [0.15, 0.2) is 0 Å². The third-order valence-electron chi connectivity index (χ3n) is 3.08. The van der Waals surface area contributed by atoms with E-state index >= 15 is 0 Å². The predicted octanol–water partition coefficient (Wildman–Crippen LogP) is 3.54. The summed E-state index contributed by atoms with van der Waals surface area (Å²) in [5, 5.41) is 0. The van der Waals surface area contributed by atoms with Gasteiger partial charge in [0.05, 0.1) is 0 Å². The van der Waals surface area contributed by atoms with Crippen LogP contribution in [0.4, 0.5) is 0 Å². The molecule has 2 aromatic carbocycles. The molecule has 0 N–H and O–H groups in total. The Labute approximate surface area is 141 Å². The molecule has 0 aliphatic heterocycles. The van der Waals surface area contributed by atoms with Gasteiger partial charge in [0, 0.05) is 0 Å². The summed E-state index contributed by atoms with van der Waals surface area (Å²) >= 11 is 1.07. The average molecular weight is 408 g/mol. The molecule has 0 bridgehead atoms. The number of benzene rings is 2. The summed E-state index contributed by atoms with van der Waals surface area (Å²) in [6, 6.07) is 21.9. The molecule has 0 spiro atoms. The maximum absolute atomic E-state index is 4.29. The summed E-state index contributed by atoms with van der Waals surface area (Å²) in [4.78, 5) is 0. The van der Waals surface area contributed by atoms with Crippen molar-refractivity contribution in [2.45, 2.75) is 29.9 Å². The van der Waals surface area contributed by atoms with E-state index in [2.05, 4.69) is 74.2 Å². The van der Waals surface area contributed by atoms with Crippen molar-refractivity contribution in [3.05, 3.63) is 72.8 Å². The van der Waals surface area contributed by atoms with E-state index in [0.29, 0.717) is 29.9 Å². The van der Waals surface area contributed by atoms with Gasteiger partial charge in [-0.25, -0.2) is 0 Å². The van der Waals surface area contributed by atoms with Gasteiger partial charge in [0.1, 0.15) is 0 Å². The number of allylic oxidation sites excluding steroid dienone is 1. The molecule has 0 fully saturated rings. The second kappa shape index (κ2) is 9.28. The number of hydrogen-bond donors (Lipinski definition) is 0. The molecule has 0 aromatic heterocycles. The monoisotopic (exact) mass is 410 g/mol. The van der Waals surface area contributed by atoms with Crippen molar-refractivity contribution in [1.82, 2.24) is 0 Å². The molecule has 21 heavy (non-hydrogen) atoms. The van der Waals surface area contributed by atoms with Crippen molar-refractivity contribution in [1.29, 1.82) is 0 Å². The molecule has 0 radical (unpaired) electrons. The van der Waals surface area contributed by atoms with Gasteiger partial charge >= 0.3 is 142 Å². The molecule has 0 atom stereocenters. The van der Waals surface area contributed by atoms with E-state index in [9.17, 15) is 0 Å². The second-order valence-electron chi connectivity index (χ2n) is 5.00. The number of hydrogen-bond acceptors (Lipinski definition) is 0. The van der Waals surface area contributed by atoms with Crippen molar-refractivity contribution < 1.29 is 0 Å². The molecule has 0 heterocycles. The Balaban J connectivity index is 2.04. The fourth-order valence-electron chi connectivity index (χ4n) is 2.10. The van der Waals surface area contributed by atoms with Gasteiger partial charge in [-0.1, -0.05) is 0 Å². The fourth-order valence-corrected chi connectivity index (χ4v) is 9.08. The van der Waals surface area contributed by atoms with Crippen molar-refractivity contribution in [3.8, 4) is 0 Å². The summed E-state index contributed by atoms with van der Waals surface area (Å²) in [7, 11) is 0. The van der Waals surface area contributed by atoms with Crippen LogP contribution in [0.1, 0.15) is 26.2 Å². The van der Waals surface area contributed by atoms with Crippen molar-refractivity contribution >= 4 is 38.8 Å². The maximum atomic E-state index is 4.29. The van der Waals surface area contributed by atoms with Crippen LogP contribution in [0.15, 0.2) is 72.8 Å². The summed E-state index contributed by atoms with van der Waals surface area (Å²) in [6.45, 7) is 6.53. The molecule has 110 valence electrons. The third-order valence-corrected chi connectivity index (χ3v) is 9.27. The van der Waals surface area contributed by atoms with Crippen LogP contribution in [-0.2, 0) is 0 Å². The van der Waals surface area contributed by atoms with Crippen LogP contribution < -0.4 is 8.92 Å². The van der Waals surface area contributed by atoms with Crippen LogP contribution in [-0.4, -0.2) is 29.9 Å². The Morgan fingerprint density at radius 3 is 1.81 bits per heavy atom. The zero-order valence-corrected chi connectivity index (χ0v) is 15.9. The van der Waals surface area contributed by atoms with Gasteiger partial charge in [0.25, 0.3) is 0 Å². The van der Waals surface area contributed by atoms with Crippen LogP contribution in [0, 0.1) is 0 Å². The van der Waals surface area contributed by atoms with Crippen LogP contribution in [0.3, 0.4) is 0 Å². The van der Waals surface area contributed by atoms with E-state index in [1.807, 2.05) is 0 Å². The Hall–Kier alpha value is -0.781. The van der Waals surface area contributed by atoms with Gasteiger partial charge in [-0.3, -0.25) is 0 Å². The van der Waals surface area contributed by atoms with E-state index in [-0.39, 0.29) is 0 Å². The second-order valence-corrected chi connectivity index (χ2v) is 11.9. The van der Waals surface area contributed by atoms with Gasteiger partial charge < -0.3 is 0 Å². The topological polar surface area (TPSA) is 0 Å². The molecule has 0 amide bonds. The van der Waals surface area contributed by atoms with Gasteiger partial charge in [-0.05, 0) is 0 Å². The minimum absolute atomic E-state index is 0.535. The van der Waals surface area contributed by atoms with Crippen LogP contribution in [0.5, 0.6) is 0 Å². The van der Waals surface area contributed by atoms with E-state index in [1.54, 1.807) is 0 Å². The van der Waals surface area contributed by atoms with E-state index in [4.69, 9.17) is 0 Å². The van der Waals surface area contributed by atoms with E-state index in [1.165, 1.54) is 33.8 Å². The third kappa shape index (κ3) is 6.24. The standard InChI is InChI=1S/C19H22Se2/c1-3-10-16(2)15-19(20-17-11-6-4-7-12-17)21-18-13-8-5-9-14-18/h4-9,11-14,19H,2-3,10,15H2,1H3. The van der Waals surface area contributed by atoms with Crippen molar-refractivity contribution in [2.24, 2.45) is 0 Å². The van der Waals surface area contributed by atoms with Crippen LogP contribution >= 0.6 is 0 Å². The molecule has 0 aliphatic carbocycles. The molecule has 0 saturated carbocycles. The van der Waals surface area contributed by atoms with Gasteiger partial charge in [-0.15, -0.1) is 0 Å². The van der Waals surface area contributed by atoms with Crippen LogP contribution in [0.25, 0.3) is 0 Å². The van der Waals surface area contributed by atoms with Crippen LogP contribution in [0.2, 0.25) is 3.71 Å². The SMILES string of the molecule is C=C(CCC)CC([Se]c1ccccc1)[Se]c1ccccc1. The first-order valence-corrected chi connectivity index (χ1v) is 11.1. The molecule has 2 rings (SSSR count). The minimum atomic E-state index is 0.535. The normalized spacial score (nSPS) is 10.8. The zero-order chi connectivity index (χ0) is 14.9. The summed E-state index contributed by atoms with van der Waals surface area (Å²) in [6.07, 6.45) is 3.58. The first kappa shape index (κ1) is 16.6. The van der Waals surface area contributed by atoms with Gasteiger partial charge in [-0.2, -0.15) is 0 Å². The Morgan fingerprint density at radius 1 is 0.905 bits per heavy atom. The van der Waals surface area contributed by atoms with E-state index < -0.39 is 0 Å². The zero-order valence-electron chi connectivity index (χ0n) is 12.5. The Morgan fingerprint density at radius 2 is 1.38 bits per heavy atom. The molecule has 0 aliphatic rings. The molecule has 2 aromatic rings. The molecule has 0 unspecified atom stereocenters. The van der Waals surface area contributed by atoms with Crippen molar-refractivity contribution in [2.75, 3.05) is 0 Å².